The Bertz CT molecular complexity index is 2990. The van der Waals surface area contributed by atoms with Crippen molar-refractivity contribution < 1.29 is 46.7 Å². The highest BCUT2D eigenvalue weighted by molar-refractivity contribution is 8.07. The summed E-state index contributed by atoms with van der Waals surface area (Å²) in [5.74, 6) is 3.80. The van der Waals surface area contributed by atoms with E-state index >= 15 is 0 Å². The maximum atomic E-state index is 14.0. The molecule has 4 unspecified atom stereocenters. The van der Waals surface area contributed by atoms with Gasteiger partial charge in [-0.3, -0.25) is 18.2 Å². The number of nitrogens with zero attached hydrogens (tertiary/aromatic N) is 6. The molecule has 5 fully saturated rings. The van der Waals surface area contributed by atoms with E-state index in [-0.39, 0.29) is 51.5 Å². The van der Waals surface area contributed by atoms with Crippen LogP contribution in [-0.4, -0.2) is 99.9 Å². The van der Waals surface area contributed by atoms with Crippen molar-refractivity contribution in [3.05, 3.63) is 33.6 Å². The molecule has 0 aromatic carbocycles. The Morgan fingerprint density at radius 3 is 2.15 bits per heavy atom. The van der Waals surface area contributed by atoms with Gasteiger partial charge in [-0.05, 0) is 109 Å². The predicted octanol–water partition coefficient (Wildman–Crippen LogP) is 10.3. The Labute approximate surface area is 447 Å². The highest BCUT2D eigenvalue weighted by atomic mass is 32.5. The van der Waals surface area contributed by atoms with E-state index in [1.54, 1.807) is 9.13 Å². The third-order valence-corrected chi connectivity index (χ3v) is 22.7. The smallest absolute Gasteiger partial charge is 0.390 e. The number of rotatable bonds is 18. The molecular weight excluding hydrogens is 1050 g/mol. The Morgan fingerprint density at radius 2 is 1.50 bits per heavy atom. The van der Waals surface area contributed by atoms with E-state index in [0.717, 1.165) is 30.6 Å². The zero-order valence-electron chi connectivity index (χ0n) is 43.4. The molecule has 408 valence electrons. The first-order valence-corrected chi connectivity index (χ1v) is 31.2. The lowest BCUT2D eigenvalue weighted by atomic mass is 9.40. The zero-order valence-corrected chi connectivity index (χ0v) is 47.6. The molecule has 25 heteroatoms. The van der Waals surface area contributed by atoms with E-state index in [2.05, 4.69) is 77.5 Å². The number of nitrogens with two attached hydrogens (primary N) is 2. The van der Waals surface area contributed by atoms with Gasteiger partial charge < -0.3 is 54.5 Å². The van der Waals surface area contributed by atoms with Gasteiger partial charge in [0.05, 0.1) is 44.2 Å². The van der Waals surface area contributed by atoms with Crippen LogP contribution >= 0.6 is 39.0 Å². The number of H-pyrrole nitrogens is 2. The molecule has 10 rings (SSSR count). The van der Waals surface area contributed by atoms with Crippen LogP contribution < -0.4 is 11.5 Å². The van der Waals surface area contributed by atoms with Gasteiger partial charge in [0, 0.05) is 20.0 Å². The van der Waals surface area contributed by atoms with Crippen LogP contribution in [0.3, 0.4) is 0 Å². The first-order chi connectivity index (χ1) is 35.0. The number of nitrogen functional groups attached to an aromatic ring is 2. The number of phosphoric ester groups is 1. The van der Waals surface area contributed by atoms with Crippen LogP contribution in [0.1, 0.15) is 137 Å². The summed E-state index contributed by atoms with van der Waals surface area (Å²) in [5.41, 5.74) is 15.6. The standard InChI is InChI=1S/C49H74N10O10P2S3/c1-26(2)9-8-10-27(3)30-13-14-31-32-12-11-28-19-29(15-16-48(28,5)49(32,6)18-17-47(30,31)4)68-70(61,62)64-23-36-34(21-38(67-36)59-25-53-40-42(59)55-46(51)57-44(40)73)69-71(74,63-7)65-22-35-33(60)20-37(66-35)58-24-52-39-41(58)54-45(50)56-43(39)72/h11,24-27,29-38,60H,8-10,12-23H2,1-7H3,(H,61,62)(H3,50,54,56,72)(H3,51,55,57,73)/t27-,29+,30-,31+,32+,33?,34?,35-,36-,37-,38-,47-,48+,49+,71?/m1/s1. The third-order valence-electron chi connectivity index (χ3n) is 18.6. The van der Waals surface area contributed by atoms with E-state index < -0.39 is 64.1 Å². The largest absolute Gasteiger partial charge is 0.472 e. The predicted molar refractivity (Wildman–Crippen MR) is 288 cm³/mol. The molecule has 6 aliphatic rings. The summed E-state index contributed by atoms with van der Waals surface area (Å²) in [4.78, 5) is 34.4. The van der Waals surface area contributed by atoms with Gasteiger partial charge in [-0.2, -0.15) is 0 Å². The van der Waals surface area contributed by atoms with Crippen LogP contribution in [0.2, 0.25) is 0 Å². The average Bonchev–Trinajstić information content (AvgIpc) is 4.18. The van der Waals surface area contributed by atoms with Crippen LogP contribution in [0.5, 0.6) is 0 Å². The zero-order chi connectivity index (χ0) is 52.7. The van der Waals surface area contributed by atoms with Crippen molar-refractivity contribution in [1.29, 1.82) is 0 Å². The molecule has 6 heterocycles. The Morgan fingerprint density at radius 1 is 0.865 bits per heavy atom. The molecule has 4 aliphatic carbocycles. The molecule has 2 aliphatic heterocycles. The molecule has 0 radical (unpaired) electrons. The summed E-state index contributed by atoms with van der Waals surface area (Å²) < 4.78 is 61.0. The van der Waals surface area contributed by atoms with E-state index in [1.807, 2.05) is 0 Å². The second kappa shape index (κ2) is 20.9. The van der Waals surface area contributed by atoms with Crippen molar-refractivity contribution in [3.63, 3.8) is 0 Å². The highest BCUT2D eigenvalue weighted by Gasteiger charge is 2.64. The topological polar surface area (TPSA) is 267 Å². The molecule has 0 bridgehead atoms. The van der Waals surface area contributed by atoms with Gasteiger partial charge in [0.15, 0.2) is 21.2 Å². The monoisotopic (exact) mass is 1120 g/mol. The molecule has 3 saturated carbocycles. The molecule has 2 saturated heterocycles. The average molecular weight is 1120 g/mol. The molecule has 4 aromatic heterocycles. The van der Waals surface area contributed by atoms with E-state index in [4.69, 9.17) is 79.8 Å². The lowest BCUT2D eigenvalue weighted by Crippen LogP contribution is -2.57. The summed E-state index contributed by atoms with van der Waals surface area (Å²) >= 11 is 16.7. The van der Waals surface area contributed by atoms with Gasteiger partial charge in [0.25, 0.3) is 0 Å². The summed E-state index contributed by atoms with van der Waals surface area (Å²) in [5, 5.41) is 11.1. The second-order valence-electron chi connectivity index (χ2n) is 23.1. The first kappa shape index (κ1) is 54.7. The summed E-state index contributed by atoms with van der Waals surface area (Å²) in [7, 11) is -3.29. The van der Waals surface area contributed by atoms with Crippen molar-refractivity contribution in [1.82, 2.24) is 39.0 Å². The first-order valence-electron chi connectivity index (χ1n) is 26.3. The normalized spacial score (nSPS) is 36.1. The van der Waals surface area contributed by atoms with Crippen LogP contribution in [-0.2, 0) is 48.5 Å². The summed E-state index contributed by atoms with van der Waals surface area (Å²) in [6.45, 7) is 10.6. The van der Waals surface area contributed by atoms with Gasteiger partial charge in [-0.25, -0.2) is 24.5 Å². The van der Waals surface area contributed by atoms with Crippen molar-refractivity contribution in [3.8, 4) is 0 Å². The molecule has 74 heavy (non-hydrogen) atoms. The maximum absolute atomic E-state index is 14.0. The quantitative estimate of drug-likeness (QED) is 0.0307. The lowest BCUT2D eigenvalue weighted by Gasteiger charge is -2.64. The molecule has 20 nitrogen and oxygen atoms in total. The number of aliphatic hydroxyl groups excluding tert-OH is 1. The van der Waals surface area contributed by atoms with Gasteiger partial charge in [0.2, 0.25) is 0 Å². The fourth-order valence-corrected chi connectivity index (χ4v) is 17.5. The molecule has 16 atom stereocenters. The molecule has 0 amide bonds. The van der Waals surface area contributed by atoms with Crippen LogP contribution in [0.4, 0.5) is 11.9 Å². The van der Waals surface area contributed by atoms with E-state index in [0.29, 0.717) is 52.4 Å². The van der Waals surface area contributed by atoms with E-state index in [1.165, 1.54) is 70.3 Å². The number of aromatic amines is 2. The number of anilines is 2. The number of imidazole rings is 2. The SMILES string of the molecule is COP(=S)(OC[C@H]1O[C@@H](n2cnc3c(=S)nc(N)[nH]c32)CC1O)OC1C[C@H](n2cnc3c(=S)nc(N)[nH]c32)O[C@@H]1COP(=O)(O)O[C@H]1CC[C@@]2(C)C(=CC[C@H]3[C@@H]4CC[C@H]([C@H](C)CCCC(C)C)[C@@]4(C)CC[C@@]32C)C1. The summed E-state index contributed by atoms with van der Waals surface area (Å²) in [6.07, 6.45) is 12.4. The van der Waals surface area contributed by atoms with Gasteiger partial charge >= 0.3 is 14.5 Å². The minimum absolute atomic E-state index is 0.0272. The second-order valence-corrected chi connectivity index (χ2v) is 28.3. The Balaban J connectivity index is 0.805. The Kier molecular flexibility index (Phi) is 15.5. The van der Waals surface area contributed by atoms with Crippen LogP contribution in [0, 0.1) is 55.1 Å². The van der Waals surface area contributed by atoms with Crippen molar-refractivity contribution in [2.45, 2.75) is 168 Å². The number of allylic oxidation sites excluding steroid dienone is 1. The number of fused-ring (bicyclic) bond motifs is 7. The number of aliphatic hydroxyl groups is 1. The number of hydrogen-bond acceptors (Lipinski definition) is 18. The minimum atomic E-state index is -4.66. The number of phosphoric acid groups is 1. The van der Waals surface area contributed by atoms with Crippen molar-refractivity contribution in [2.24, 2.45) is 45.8 Å². The maximum Gasteiger partial charge on any atom is 0.472 e. The minimum Gasteiger partial charge on any atom is -0.390 e. The molecule has 8 N–H and O–H groups in total. The lowest BCUT2D eigenvalue weighted by molar-refractivity contribution is -0.118. The molecule has 4 aromatic rings. The highest BCUT2D eigenvalue weighted by Crippen LogP contribution is 2.72. The number of aromatic nitrogens is 8. The van der Waals surface area contributed by atoms with Crippen LogP contribution in [0.15, 0.2) is 24.3 Å². The van der Waals surface area contributed by atoms with Gasteiger partial charge in [-0.15, -0.1) is 0 Å². The molecule has 0 spiro atoms. The van der Waals surface area contributed by atoms with Crippen molar-refractivity contribution >= 4 is 85.0 Å². The number of ether oxygens (including phenoxy) is 2. The van der Waals surface area contributed by atoms with Crippen LogP contribution in [0.25, 0.3) is 22.3 Å². The Hall–Kier alpha value is -2.60. The number of hydrogen-bond donors (Lipinski definition) is 6. The third kappa shape index (κ3) is 10.2. The fraction of sp³-hybridized carbons (Fsp3) is 0.755. The summed E-state index contributed by atoms with van der Waals surface area (Å²) in [6, 6.07) is 0. The van der Waals surface area contributed by atoms with Crippen molar-refractivity contribution in [2.75, 3.05) is 31.8 Å². The fourth-order valence-electron chi connectivity index (χ4n) is 14.4. The number of nitrogens with one attached hydrogen (secondary N) is 2. The van der Waals surface area contributed by atoms with Gasteiger partial charge in [0.1, 0.15) is 47.0 Å². The van der Waals surface area contributed by atoms with E-state index in [9.17, 15) is 14.6 Å². The molecular formula is C49H74N10O10P2S3. The van der Waals surface area contributed by atoms with Gasteiger partial charge in [-0.1, -0.05) is 96.9 Å².